The number of anilines is 1. The molecule has 2 fully saturated rings. The lowest BCUT2D eigenvalue weighted by atomic mass is 10.0. The third kappa shape index (κ3) is 3.19. The molecular weight excluding hydrogens is 520 g/mol. The van der Waals surface area contributed by atoms with Gasteiger partial charge in [0, 0.05) is 47.1 Å². The average Bonchev–Trinajstić information content (AvgIpc) is 3.25. The number of fused-ring (bicyclic) bond motifs is 3. The van der Waals surface area contributed by atoms with Gasteiger partial charge in [-0.2, -0.15) is 10.2 Å². The van der Waals surface area contributed by atoms with Gasteiger partial charge in [-0.15, -0.1) is 0 Å². The number of rotatable bonds is 4. The predicted octanol–water partition coefficient (Wildman–Crippen LogP) is 4.59. The Morgan fingerprint density at radius 1 is 1.03 bits per heavy atom. The molecule has 0 N–H and O–H groups in total. The molecule has 2 atom stereocenters. The van der Waals surface area contributed by atoms with Crippen molar-refractivity contribution in [1.29, 1.82) is 0 Å². The largest absolute Gasteiger partial charge is 0.469 e. The molecule has 2 aliphatic rings. The van der Waals surface area contributed by atoms with Crippen molar-refractivity contribution < 1.29 is 9.53 Å². The summed E-state index contributed by atoms with van der Waals surface area (Å²) in [6.07, 6.45) is 3.91. The first-order valence-corrected chi connectivity index (χ1v) is 12.7. The number of esters is 1. The van der Waals surface area contributed by atoms with Crippen LogP contribution >= 0.6 is 15.9 Å². The van der Waals surface area contributed by atoms with Gasteiger partial charge in [0.05, 0.1) is 35.9 Å². The zero-order chi connectivity index (χ0) is 24.6. The molecule has 1 aliphatic carbocycles. The van der Waals surface area contributed by atoms with E-state index in [9.17, 15) is 4.79 Å². The predicted molar refractivity (Wildman–Crippen MR) is 141 cm³/mol. The Balaban J connectivity index is 1.26. The van der Waals surface area contributed by atoms with Crippen molar-refractivity contribution in [1.82, 2.24) is 24.5 Å². The molecule has 1 aliphatic heterocycles. The molecule has 1 saturated heterocycles. The molecule has 4 heterocycles. The third-order valence-electron chi connectivity index (χ3n) is 7.54. The summed E-state index contributed by atoms with van der Waals surface area (Å²) in [5.74, 6) is 1.65. The van der Waals surface area contributed by atoms with Crippen LogP contribution in [0.15, 0.2) is 65.4 Å². The number of pyridine rings is 1. The third-order valence-corrected chi connectivity index (χ3v) is 8.18. The summed E-state index contributed by atoms with van der Waals surface area (Å²) in [7, 11) is 3.40. The fourth-order valence-corrected chi connectivity index (χ4v) is 6.30. The molecule has 5 aromatic rings. The SMILES string of the molecule is COC(=O)C1C2CN(c3ccc(-n4nc(-c5cccc6nn(C)cc56)c5cccc(Br)c54)cn3)CC21. The number of piperidine rings is 1. The molecule has 180 valence electrons. The summed E-state index contributed by atoms with van der Waals surface area (Å²) in [6, 6.07) is 16.4. The van der Waals surface area contributed by atoms with Gasteiger partial charge in [0.15, 0.2) is 0 Å². The van der Waals surface area contributed by atoms with Gasteiger partial charge in [0.1, 0.15) is 11.5 Å². The van der Waals surface area contributed by atoms with Crippen LogP contribution in [-0.2, 0) is 16.6 Å². The van der Waals surface area contributed by atoms with E-state index in [1.807, 2.05) is 59.1 Å². The number of hydrogen-bond donors (Lipinski definition) is 0. The molecule has 2 unspecified atom stereocenters. The lowest BCUT2D eigenvalue weighted by Gasteiger charge is -2.20. The summed E-state index contributed by atoms with van der Waals surface area (Å²) in [5, 5.41) is 11.8. The zero-order valence-corrected chi connectivity index (χ0v) is 21.4. The number of para-hydroxylation sites is 1. The number of benzene rings is 2. The lowest BCUT2D eigenvalue weighted by Crippen LogP contribution is -2.27. The van der Waals surface area contributed by atoms with Gasteiger partial charge in [-0.25, -0.2) is 9.67 Å². The number of aromatic nitrogens is 5. The van der Waals surface area contributed by atoms with E-state index in [4.69, 9.17) is 14.8 Å². The van der Waals surface area contributed by atoms with Crippen molar-refractivity contribution in [2.45, 2.75) is 0 Å². The van der Waals surface area contributed by atoms with Gasteiger partial charge in [-0.3, -0.25) is 9.48 Å². The van der Waals surface area contributed by atoms with Crippen LogP contribution in [-0.4, -0.2) is 50.7 Å². The molecule has 9 heteroatoms. The normalized spacial score (nSPS) is 20.8. The number of halogens is 1. The van der Waals surface area contributed by atoms with Gasteiger partial charge >= 0.3 is 5.97 Å². The second-order valence-electron chi connectivity index (χ2n) is 9.59. The monoisotopic (exact) mass is 542 g/mol. The van der Waals surface area contributed by atoms with Crippen LogP contribution in [0.25, 0.3) is 38.8 Å². The van der Waals surface area contributed by atoms with Crippen LogP contribution < -0.4 is 4.90 Å². The molecule has 2 aromatic carbocycles. The molecule has 36 heavy (non-hydrogen) atoms. The van der Waals surface area contributed by atoms with Crippen molar-refractivity contribution in [2.24, 2.45) is 24.8 Å². The summed E-state index contributed by atoms with van der Waals surface area (Å²) < 4.78 is 9.68. The molecule has 8 nitrogen and oxygen atoms in total. The quantitative estimate of drug-likeness (QED) is 0.309. The van der Waals surface area contributed by atoms with E-state index in [1.54, 1.807) is 0 Å². The van der Waals surface area contributed by atoms with Crippen LogP contribution in [0.2, 0.25) is 0 Å². The Kier molecular flexibility index (Phi) is 4.73. The van der Waals surface area contributed by atoms with Gasteiger partial charge in [-0.05, 0) is 52.0 Å². The number of methoxy groups -OCH3 is 1. The van der Waals surface area contributed by atoms with Crippen LogP contribution in [0.3, 0.4) is 0 Å². The first-order chi connectivity index (χ1) is 17.5. The molecule has 0 amide bonds. The Labute approximate surface area is 215 Å². The smallest absolute Gasteiger partial charge is 0.309 e. The fourth-order valence-electron chi connectivity index (χ4n) is 5.77. The van der Waals surface area contributed by atoms with E-state index in [-0.39, 0.29) is 11.9 Å². The topological polar surface area (TPSA) is 78.1 Å². The highest BCUT2D eigenvalue weighted by Gasteiger charge is 2.60. The number of carbonyl (C=O) groups is 1. The van der Waals surface area contributed by atoms with Crippen molar-refractivity contribution in [3.05, 3.63) is 65.4 Å². The fraction of sp³-hybridized carbons (Fsp3) is 0.259. The zero-order valence-electron chi connectivity index (χ0n) is 19.8. The summed E-state index contributed by atoms with van der Waals surface area (Å²) in [5.41, 5.74) is 4.77. The first kappa shape index (κ1) is 21.6. The maximum Gasteiger partial charge on any atom is 0.309 e. The van der Waals surface area contributed by atoms with Gasteiger partial charge in [0.25, 0.3) is 0 Å². The van der Waals surface area contributed by atoms with Crippen molar-refractivity contribution >= 4 is 49.5 Å². The van der Waals surface area contributed by atoms with Crippen molar-refractivity contribution in [3.8, 4) is 16.9 Å². The van der Waals surface area contributed by atoms with Gasteiger partial charge in [-0.1, -0.05) is 24.3 Å². The molecule has 1 saturated carbocycles. The van der Waals surface area contributed by atoms with Crippen LogP contribution in [0.1, 0.15) is 0 Å². The minimum absolute atomic E-state index is 0.0565. The molecule has 7 rings (SSSR count). The van der Waals surface area contributed by atoms with Crippen molar-refractivity contribution in [3.63, 3.8) is 0 Å². The van der Waals surface area contributed by atoms with E-state index in [0.717, 1.165) is 62.1 Å². The van der Waals surface area contributed by atoms with Gasteiger partial charge < -0.3 is 9.64 Å². The summed E-state index contributed by atoms with van der Waals surface area (Å²) in [6.45, 7) is 1.68. The second-order valence-corrected chi connectivity index (χ2v) is 10.4. The minimum Gasteiger partial charge on any atom is -0.469 e. The highest BCUT2D eigenvalue weighted by molar-refractivity contribution is 9.10. The molecular formula is C27H23BrN6O2. The van der Waals surface area contributed by atoms with Gasteiger partial charge in [0.2, 0.25) is 0 Å². The first-order valence-electron chi connectivity index (χ1n) is 11.9. The standard InChI is InChI=1S/C27H23BrN6O2/c1-32-12-18-16(5-4-8-22(18)30-32)25-17-6-3-7-21(28)26(17)34(31-25)15-9-10-23(29-11-15)33-13-19-20(14-33)24(19)27(35)36-2/h3-12,19-20,24H,13-14H2,1-2H3. The van der Waals surface area contributed by atoms with E-state index >= 15 is 0 Å². The Bertz CT molecular complexity index is 1640. The Morgan fingerprint density at radius 3 is 2.58 bits per heavy atom. The highest BCUT2D eigenvalue weighted by atomic mass is 79.9. The maximum absolute atomic E-state index is 11.9. The maximum atomic E-state index is 11.9. The number of nitrogens with zero attached hydrogens (tertiary/aromatic N) is 6. The Morgan fingerprint density at radius 2 is 1.83 bits per heavy atom. The molecule has 0 radical (unpaired) electrons. The van der Waals surface area contributed by atoms with E-state index in [0.29, 0.717) is 11.8 Å². The number of carbonyl (C=O) groups excluding carboxylic acids is 1. The molecule has 3 aromatic heterocycles. The van der Waals surface area contributed by atoms with Crippen molar-refractivity contribution in [2.75, 3.05) is 25.1 Å². The second kappa shape index (κ2) is 7.89. The van der Waals surface area contributed by atoms with Crippen LogP contribution in [0.5, 0.6) is 0 Å². The van der Waals surface area contributed by atoms with Crippen LogP contribution in [0, 0.1) is 17.8 Å². The lowest BCUT2D eigenvalue weighted by molar-refractivity contribution is -0.142. The molecule has 0 bridgehead atoms. The minimum atomic E-state index is -0.0816. The average molecular weight is 543 g/mol. The van der Waals surface area contributed by atoms with E-state index in [1.165, 1.54) is 7.11 Å². The Hall–Kier alpha value is -3.72. The molecule has 0 spiro atoms. The number of hydrogen-bond acceptors (Lipinski definition) is 6. The van der Waals surface area contributed by atoms with E-state index < -0.39 is 0 Å². The summed E-state index contributed by atoms with van der Waals surface area (Å²) >= 11 is 3.74. The van der Waals surface area contributed by atoms with E-state index in [2.05, 4.69) is 44.1 Å². The van der Waals surface area contributed by atoms with Crippen LogP contribution in [0.4, 0.5) is 5.82 Å². The highest BCUT2D eigenvalue weighted by Crippen LogP contribution is 2.52. The summed E-state index contributed by atoms with van der Waals surface area (Å²) in [4.78, 5) is 18.9. The number of aryl methyl sites for hydroxylation is 1. The number of ether oxygens (including phenoxy) is 1.